The fourth-order valence-corrected chi connectivity index (χ4v) is 1.95. The number of carbonyl (C=O) groups is 1. The van der Waals surface area contributed by atoms with E-state index in [9.17, 15) is 9.90 Å². The third-order valence-electron chi connectivity index (χ3n) is 2.98. The van der Waals surface area contributed by atoms with E-state index in [-0.39, 0.29) is 5.97 Å². The number of hydrogen-bond donors (Lipinski definition) is 1. The molecule has 3 nitrogen and oxygen atoms in total. The van der Waals surface area contributed by atoms with Crippen molar-refractivity contribution in [3.63, 3.8) is 0 Å². The molecule has 0 spiro atoms. The first-order valence-corrected chi connectivity index (χ1v) is 5.53. The SMILES string of the molecule is COC(=O)c1ccc(C(C)O)c(C2CC2)c1. The largest absolute Gasteiger partial charge is 0.465 e. The minimum absolute atomic E-state index is 0.320. The fourth-order valence-electron chi connectivity index (χ4n) is 1.95. The van der Waals surface area contributed by atoms with E-state index in [1.54, 1.807) is 13.0 Å². The summed E-state index contributed by atoms with van der Waals surface area (Å²) in [5, 5.41) is 9.65. The number of aliphatic hydroxyl groups excluding tert-OH is 1. The van der Waals surface area contributed by atoms with Crippen molar-refractivity contribution in [3.05, 3.63) is 34.9 Å². The molecule has 0 radical (unpaired) electrons. The number of benzene rings is 1. The van der Waals surface area contributed by atoms with Gasteiger partial charge < -0.3 is 9.84 Å². The molecule has 2 rings (SSSR count). The van der Waals surface area contributed by atoms with Gasteiger partial charge in [0, 0.05) is 0 Å². The predicted octanol–water partition coefficient (Wildman–Crippen LogP) is 2.40. The van der Waals surface area contributed by atoms with E-state index in [0.29, 0.717) is 11.5 Å². The summed E-state index contributed by atoms with van der Waals surface area (Å²) in [6.07, 6.45) is 1.80. The summed E-state index contributed by atoms with van der Waals surface area (Å²) in [6.45, 7) is 1.75. The molecule has 0 saturated heterocycles. The van der Waals surface area contributed by atoms with Crippen LogP contribution in [0.15, 0.2) is 18.2 Å². The Morgan fingerprint density at radius 1 is 1.50 bits per heavy atom. The quantitative estimate of drug-likeness (QED) is 0.796. The Kier molecular flexibility index (Phi) is 2.97. The Labute approximate surface area is 95.0 Å². The number of aliphatic hydroxyl groups is 1. The molecule has 1 aromatic carbocycles. The van der Waals surface area contributed by atoms with Crippen molar-refractivity contribution in [2.45, 2.75) is 31.8 Å². The maximum Gasteiger partial charge on any atom is 0.337 e. The van der Waals surface area contributed by atoms with Crippen LogP contribution in [0.5, 0.6) is 0 Å². The van der Waals surface area contributed by atoms with Gasteiger partial charge in [0.05, 0.1) is 18.8 Å². The Bertz CT molecular complexity index is 406. The number of hydrogen-bond acceptors (Lipinski definition) is 3. The monoisotopic (exact) mass is 220 g/mol. The molecule has 0 aromatic heterocycles. The first kappa shape index (κ1) is 11.1. The zero-order valence-electron chi connectivity index (χ0n) is 9.56. The minimum Gasteiger partial charge on any atom is -0.465 e. The van der Waals surface area contributed by atoms with Crippen molar-refractivity contribution in [2.24, 2.45) is 0 Å². The number of ether oxygens (including phenoxy) is 1. The summed E-state index contributed by atoms with van der Waals surface area (Å²) in [4.78, 5) is 11.4. The third kappa shape index (κ3) is 2.09. The van der Waals surface area contributed by atoms with Gasteiger partial charge in [0.1, 0.15) is 0 Å². The van der Waals surface area contributed by atoms with Gasteiger partial charge in [-0.05, 0) is 48.9 Å². The molecule has 1 saturated carbocycles. The predicted molar refractivity (Wildman–Crippen MR) is 60.4 cm³/mol. The van der Waals surface area contributed by atoms with E-state index in [0.717, 1.165) is 24.0 Å². The molecule has 1 aliphatic carbocycles. The summed E-state index contributed by atoms with van der Waals surface area (Å²) in [5.41, 5.74) is 2.59. The Morgan fingerprint density at radius 2 is 2.19 bits per heavy atom. The topological polar surface area (TPSA) is 46.5 Å². The van der Waals surface area contributed by atoms with Crippen LogP contribution in [0.2, 0.25) is 0 Å². The van der Waals surface area contributed by atoms with Crippen LogP contribution in [0.25, 0.3) is 0 Å². The van der Waals surface area contributed by atoms with E-state index in [1.165, 1.54) is 7.11 Å². The molecule has 1 aromatic rings. The lowest BCUT2D eigenvalue weighted by atomic mass is 9.97. The third-order valence-corrected chi connectivity index (χ3v) is 2.98. The summed E-state index contributed by atoms with van der Waals surface area (Å²) in [6, 6.07) is 5.38. The zero-order chi connectivity index (χ0) is 11.7. The van der Waals surface area contributed by atoms with Gasteiger partial charge in [0.15, 0.2) is 0 Å². The summed E-state index contributed by atoms with van der Waals surface area (Å²) < 4.78 is 4.69. The van der Waals surface area contributed by atoms with Crippen LogP contribution in [0.3, 0.4) is 0 Å². The van der Waals surface area contributed by atoms with Crippen LogP contribution in [-0.4, -0.2) is 18.2 Å². The standard InChI is InChI=1S/C13H16O3/c1-8(14)11-6-5-10(13(15)16-2)7-12(11)9-3-4-9/h5-9,14H,3-4H2,1-2H3. The lowest BCUT2D eigenvalue weighted by Crippen LogP contribution is -2.05. The van der Waals surface area contributed by atoms with Crippen LogP contribution in [0.1, 0.15) is 53.3 Å². The molecule has 1 atom stereocenters. The highest BCUT2D eigenvalue weighted by Gasteiger charge is 2.28. The van der Waals surface area contributed by atoms with Crippen molar-refractivity contribution >= 4 is 5.97 Å². The minimum atomic E-state index is -0.484. The van der Waals surface area contributed by atoms with Gasteiger partial charge in [-0.2, -0.15) is 0 Å². The van der Waals surface area contributed by atoms with E-state index in [2.05, 4.69) is 0 Å². The number of carbonyl (C=O) groups excluding carboxylic acids is 1. The van der Waals surface area contributed by atoms with Crippen molar-refractivity contribution < 1.29 is 14.6 Å². The molecule has 16 heavy (non-hydrogen) atoms. The Morgan fingerprint density at radius 3 is 2.69 bits per heavy atom. The second kappa shape index (κ2) is 4.26. The molecule has 1 N–H and O–H groups in total. The van der Waals surface area contributed by atoms with Crippen molar-refractivity contribution in [2.75, 3.05) is 7.11 Å². The smallest absolute Gasteiger partial charge is 0.337 e. The fraction of sp³-hybridized carbons (Fsp3) is 0.462. The van der Waals surface area contributed by atoms with E-state index in [1.807, 2.05) is 12.1 Å². The average molecular weight is 220 g/mol. The van der Waals surface area contributed by atoms with Gasteiger partial charge in [-0.3, -0.25) is 0 Å². The zero-order valence-corrected chi connectivity index (χ0v) is 9.56. The van der Waals surface area contributed by atoms with Crippen LogP contribution in [0, 0.1) is 0 Å². The maximum atomic E-state index is 11.4. The lowest BCUT2D eigenvalue weighted by Gasteiger charge is -2.12. The number of esters is 1. The molecule has 1 fully saturated rings. The van der Waals surface area contributed by atoms with Gasteiger partial charge in [-0.1, -0.05) is 6.07 Å². The first-order chi connectivity index (χ1) is 7.63. The Hall–Kier alpha value is -1.35. The van der Waals surface area contributed by atoms with Crippen LogP contribution in [-0.2, 0) is 4.74 Å². The van der Waals surface area contributed by atoms with E-state index < -0.39 is 6.10 Å². The van der Waals surface area contributed by atoms with Gasteiger partial charge in [-0.25, -0.2) is 4.79 Å². The second-order valence-electron chi connectivity index (χ2n) is 4.29. The van der Waals surface area contributed by atoms with Crippen LogP contribution in [0.4, 0.5) is 0 Å². The van der Waals surface area contributed by atoms with Gasteiger partial charge in [0.25, 0.3) is 0 Å². The molecule has 0 aliphatic heterocycles. The molecular weight excluding hydrogens is 204 g/mol. The van der Waals surface area contributed by atoms with Crippen molar-refractivity contribution in [3.8, 4) is 0 Å². The Balaban J connectivity index is 2.39. The molecular formula is C13H16O3. The van der Waals surface area contributed by atoms with Crippen molar-refractivity contribution in [1.82, 2.24) is 0 Å². The molecule has 86 valence electrons. The molecule has 0 amide bonds. The highest BCUT2D eigenvalue weighted by molar-refractivity contribution is 5.89. The molecule has 3 heteroatoms. The van der Waals surface area contributed by atoms with Gasteiger partial charge in [0.2, 0.25) is 0 Å². The van der Waals surface area contributed by atoms with Gasteiger partial charge in [-0.15, -0.1) is 0 Å². The summed E-state index contributed by atoms with van der Waals surface area (Å²) in [5.74, 6) is 0.188. The van der Waals surface area contributed by atoms with Gasteiger partial charge >= 0.3 is 5.97 Å². The summed E-state index contributed by atoms with van der Waals surface area (Å²) in [7, 11) is 1.38. The first-order valence-electron chi connectivity index (χ1n) is 5.53. The lowest BCUT2D eigenvalue weighted by molar-refractivity contribution is 0.0600. The highest BCUT2D eigenvalue weighted by atomic mass is 16.5. The number of methoxy groups -OCH3 is 1. The molecule has 1 unspecified atom stereocenters. The van der Waals surface area contributed by atoms with E-state index >= 15 is 0 Å². The number of rotatable bonds is 3. The highest BCUT2D eigenvalue weighted by Crippen LogP contribution is 2.43. The molecule has 0 bridgehead atoms. The average Bonchev–Trinajstić information content (AvgIpc) is 3.10. The molecule has 0 heterocycles. The van der Waals surface area contributed by atoms with Crippen LogP contribution < -0.4 is 0 Å². The van der Waals surface area contributed by atoms with E-state index in [4.69, 9.17) is 4.74 Å². The summed E-state index contributed by atoms with van der Waals surface area (Å²) >= 11 is 0. The van der Waals surface area contributed by atoms with Crippen molar-refractivity contribution in [1.29, 1.82) is 0 Å². The van der Waals surface area contributed by atoms with Crippen LogP contribution >= 0.6 is 0 Å². The molecule has 1 aliphatic rings. The normalized spacial score (nSPS) is 16.9. The maximum absolute atomic E-state index is 11.4. The second-order valence-corrected chi connectivity index (χ2v) is 4.29.